The summed E-state index contributed by atoms with van der Waals surface area (Å²) < 4.78 is 9.89. The van der Waals surface area contributed by atoms with Crippen LogP contribution in [0.25, 0.3) is 0 Å². The van der Waals surface area contributed by atoms with Crippen LogP contribution >= 0.6 is 11.6 Å². The zero-order valence-electron chi connectivity index (χ0n) is 10.8. The number of hydrogen-bond donors (Lipinski definition) is 0. The lowest BCUT2D eigenvalue weighted by Crippen LogP contribution is -2.25. The van der Waals surface area contributed by atoms with Gasteiger partial charge in [-0.3, -0.25) is 9.59 Å². The molecule has 0 saturated heterocycles. The van der Waals surface area contributed by atoms with E-state index in [9.17, 15) is 9.59 Å². The second kappa shape index (κ2) is 8.35. The van der Waals surface area contributed by atoms with Gasteiger partial charge in [-0.25, -0.2) is 0 Å². The Morgan fingerprint density at radius 3 is 2.33 bits per heavy atom. The first-order valence-electron chi connectivity index (χ1n) is 6.58. The quantitative estimate of drug-likeness (QED) is 0.553. The molecule has 1 saturated carbocycles. The van der Waals surface area contributed by atoms with Crippen molar-refractivity contribution in [2.75, 3.05) is 13.2 Å². The van der Waals surface area contributed by atoms with Crippen LogP contribution in [0, 0.1) is 5.92 Å². The van der Waals surface area contributed by atoms with Gasteiger partial charge >= 0.3 is 11.9 Å². The highest BCUT2D eigenvalue weighted by Crippen LogP contribution is 2.28. The van der Waals surface area contributed by atoms with Crippen molar-refractivity contribution in [3.05, 3.63) is 0 Å². The van der Waals surface area contributed by atoms with Crippen LogP contribution < -0.4 is 0 Å². The maximum Gasteiger partial charge on any atom is 0.306 e. The summed E-state index contributed by atoms with van der Waals surface area (Å²) in [5.41, 5.74) is 0. The average molecular weight is 277 g/mol. The van der Waals surface area contributed by atoms with Gasteiger partial charge in [0.2, 0.25) is 0 Å². The van der Waals surface area contributed by atoms with Crippen LogP contribution in [0.4, 0.5) is 0 Å². The summed E-state index contributed by atoms with van der Waals surface area (Å²) in [5.74, 6) is -0.452. The molecule has 0 aliphatic heterocycles. The second-order valence-electron chi connectivity index (χ2n) is 4.55. The predicted molar refractivity (Wildman–Crippen MR) is 68.4 cm³/mol. The largest absolute Gasteiger partial charge is 0.466 e. The molecule has 5 heteroatoms. The fourth-order valence-electron chi connectivity index (χ4n) is 2.06. The van der Waals surface area contributed by atoms with E-state index in [2.05, 4.69) is 0 Å². The van der Waals surface area contributed by atoms with E-state index in [0.29, 0.717) is 13.2 Å². The van der Waals surface area contributed by atoms with Crippen LogP contribution in [0.2, 0.25) is 0 Å². The summed E-state index contributed by atoms with van der Waals surface area (Å²) in [4.78, 5) is 22.5. The van der Waals surface area contributed by atoms with Crippen LogP contribution in [0.1, 0.15) is 45.4 Å². The molecule has 0 radical (unpaired) electrons. The molecule has 0 aromatic rings. The molecule has 0 amide bonds. The smallest absolute Gasteiger partial charge is 0.306 e. The Morgan fingerprint density at radius 2 is 1.72 bits per heavy atom. The molecule has 0 heterocycles. The summed E-state index contributed by atoms with van der Waals surface area (Å²) in [5, 5.41) is 0.108. The van der Waals surface area contributed by atoms with Crippen molar-refractivity contribution in [1.29, 1.82) is 0 Å². The van der Waals surface area contributed by atoms with E-state index >= 15 is 0 Å². The van der Waals surface area contributed by atoms with Crippen LogP contribution in [0.15, 0.2) is 0 Å². The molecule has 0 bridgehead atoms. The lowest BCUT2D eigenvalue weighted by Gasteiger charge is -2.26. The Kier molecular flexibility index (Phi) is 7.09. The maximum atomic E-state index is 11.4. The van der Waals surface area contributed by atoms with Gasteiger partial charge in [-0.1, -0.05) is 12.8 Å². The van der Waals surface area contributed by atoms with E-state index in [1.807, 2.05) is 0 Å². The number of rotatable bonds is 6. The summed E-state index contributed by atoms with van der Waals surface area (Å²) >= 11 is 6.17. The van der Waals surface area contributed by atoms with Crippen LogP contribution in [-0.4, -0.2) is 30.5 Å². The molecular weight excluding hydrogens is 256 g/mol. The maximum absolute atomic E-state index is 11.4. The molecule has 2 unspecified atom stereocenters. The molecule has 0 aromatic heterocycles. The van der Waals surface area contributed by atoms with E-state index in [-0.39, 0.29) is 36.1 Å². The van der Waals surface area contributed by atoms with E-state index in [1.54, 1.807) is 6.92 Å². The Hall–Kier alpha value is -0.770. The first-order chi connectivity index (χ1) is 8.63. The second-order valence-corrected chi connectivity index (χ2v) is 5.11. The van der Waals surface area contributed by atoms with Gasteiger partial charge < -0.3 is 9.47 Å². The standard InChI is InChI=1S/C13H21ClO4/c1-2-17-12(15)7-8-13(16)18-9-10-5-3-4-6-11(10)14/h10-11H,2-9H2,1H3. The fraction of sp³-hybridized carbons (Fsp3) is 0.846. The summed E-state index contributed by atoms with van der Waals surface area (Å²) in [6, 6.07) is 0. The molecule has 1 aliphatic rings. The minimum absolute atomic E-state index is 0.0819. The molecule has 2 atom stereocenters. The molecule has 0 aromatic carbocycles. The monoisotopic (exact) mass is 276 g/mol. The Labute approximate surface area is 113 Å². The predicted octanol–water partition coefficient (Wildman–Crippen LogP) is 2.67. The highest BCUT2D eigenvalue weighted by Gasteiger charge is 2.24. The number of esters is 2. The van der Waals surface area contributed by atoms with Gasteiger partial charge in [0.05, 0.1) is 26.1 Å². The van der Waals surface area contributed by atoms with Crippen molar-refractivity contribution in [3.63, 3.8) is 0 Å². The van der Waals surface area contributed by atoms with Crippen LogP contribution in [0.3, 0.4) is 0 Å². The van der Waals surface area contributed by atoms with E-state index in [0.717, 1.165) is 25.7 Å². The van der Waals surface area contributed by atoms with Gasteiger partial charge in [0.15, 0.2) is 0 Å². The van der Waals surface area contributed by atoms with Crippen molar-refractivity contribution in [1.82, 2.24) is 0 Å². The molecule has 0 spiro atoms. The van der Waals surface area contributed by atoms with Gasteiger partial charge in [0, 0.05) is 11.3 Å². The van der Waals surface area contributed by atoms with Crippen LogP contribution in [0.5, 0.6) is 0 Å². The number of carbonyl (C=O) groups excluding carboxylic acids is 2. The van der Waals surface area contributed by atoms with Crippen molar-refractivity contribution in [3.8, 4) is 0 Å². The summed E-state index contributed by atoms with van der Waals surface area (Å²) in [6.45, 7) is 2.44. The van der Waals surface area contributed by atoms with E-state index < -0.39 is 0 Å². The third-order valence-corrected chi connectivity index (χ3v) is 3.69. The molecule has 1 rings (SSSR count). The van der Waals surface area contributed by atoms with Crippen LogP contribution in [-0.2, 0) is 19.1 Å². The molecular formula is C13H21ClO4. The molecule has 104 valence electrons. The van der Waals surface area contributed by atoms with Gasteiger partial charge in [-0.2, -0.15) is 0 Å². The third kappa shape index (κ3) is 5.71. The molecule has 18 heavy (non-hydrogen) atoms. The average Bonchev–Trinajstić information content (AvgIpc) is 2.36. The van der Waals surface area contributed by atoms with Gasteiger partial charge in [-0.05, 0) is 19.8 Å². The zero-order chi connectivity index (χ0) is 13.4. The van der Waals surface area contributed by atoms with Crippen molar-refractivity contribution < 1.29 is 19.1 Å². The highest BCUT2D eigenvalue weighted by molar-refractivity contribution is 6.20. The number of hydrogen-bond acceptors (Lipinski definition) is 4. The molecule has 1 fully saturated rings. The minimum atomic E-state index is -0.359. The lowest BCUT2D eigenvalue weighted by atomic mass is 9.89. The van der Waals surface area contributed by atoms with Gasteiger partial charge in [0.25, 0.3) is 0 Å². The van der Waals surface area contributed by atoms with Gasteiger partial charge in [-0.15, -0.1) is 11.6 Å². The first kappa shape index (κ1) is 15.3. The molecule has 1 aliphatic carbocycles. The Morgan fingerprint density at radius 1 is 1.11 bits per heavy atom. The fourth-order valence-corrected chi connectivity index (χ4v) is 2.41. The number of carbonyl (C=O) groups is 2. The van der Waals surface area contributed by atoms with Crippen molar-refractivity contribution in [2.45, 2.75) is 50.8 Å². The SMILES string of the molecule is CCOC(=O)CCC(=O)OCC1CCCCC1Cl. The zero-order valence-corrected chi connectivity index (χ0v) is 11.6. The number of alkyl halides is 1. The third-order valence-electron chi connectivity index (χ3n) is 3.11. The summed E-state index contributed by atoms with van der Waals surface area (Å²) in [7, 11) is 0. The van der Waals surface area contributed by atoms with Gasteiger partial charge in [0.1, 0.15) is 0 Å². The minimum Gasteiger partial charge on any atom is -0.466 e. The Bertz CT molecular complexity index is 280. The first-order valence-corrected chi connectivity index (χ1v) is 7.02. The normalized spacial score (nSPS) is 23.4. The van der Waals surface area contributed by atoms with Crippen molar-refractivity contribution >= 4 is 23.5 Å². The highest BCUT2D eigenvalue weighted by atomic mass is 35.5. The molecule has 4 nitrogen and oxygen atoms in total. The number of ether oxygens (including phenoxy) is 2. The molecule has 0 N–H and O–H groups in total. The van der Waals surface area contributed by atoms with E-state index in [4.69, 9.17) is 21.1 Å². The van der Waals surface area contributed by atoms with Crippen molar-refractivity contribution in [2.24, 2.45) is 5.92 Å². The van der Waals surface area contributed by atoms with E-state index in [1.165, 1.54) is 0 Å². The number of halogens is 1. The Balaban J connectivity index is 2.14. The topological polar surface area (TPSA) is 52.6 Å². The summed E-state index contributed by atoms with van der Waals surface area (Å²) in [6.07, 6.45) is 4.47. The lowest BCUT2D eigenvalue weighted by molar-refractivity contribution is -0.151.